The van der Waals surface area contributed by atoms with Crippen LogP contribution in [0.15, 0.2) is 78.2 Å². The number of hydrogen-bond acceptors (Lipinski definition) is 5. The van der Waals surface area contributed by atoms with Gasteiger partial charge in [-0.05, 0) is 47.4 Å². The van der Waals surface area contributed by atoms with Crippen LogP contribution >= 0.6 is 11.3 Å². The lowest BCUT2D eigenvalue weighted by Crippen LogP contribution is -2.14. The first kappa shape index (κ1) is 22.6. The number of carbonyl (C=O) groups is 1. The van der Waals surface area contributed by atoms with E-state index < -0.39 is 0 Å². The second-order valence-electron chi connectivity index (χ2n) is 8.72. The number of benzene rings is 3. The van der Waals surface area contributed by atoms with Crippen LogP contribution in [0.2, 0.25) is 0 Å². The molecule has 0 saturated carbocycles. The highest BCUT2D eigenvalue weighted by Gasteiger charge is 2.14. The number of para-hydroxylation sites is 2. The fraction of sp³-hybridized carbons (Fsp3) is 0.185. The zero-order valence-corrected chi connectivity index (χ0v) is 20.0. The number of rotatable bonds is 6. The van der Waals surface area contributed by atoms with E-state index in [1.165, 1.54) is 16.9 Å². The van der Waals surface area contributed by atoms with E-state index in [4.69, 9.17) is 4.74 Å². The van der Waals surface area contributed by atoms with Crippen molar-refractivity contribution in [3.8, 4) is 17.0 Å². The van der Waals surface area contributed by atoms with Gasteiger partial charge in [-0.2, -0.15) is 0 Å². The van der Waals surface area contributed by atoms with Crippen molar-refractivity contribution < 1.29 is 9.53 Å². The Morgan fingerprint density at radius 1 is 0.939 bits per heavy atom. The summed E-state index contributed by atoms with van der Waals surface area (Å²) >= 11 is 1.53. The number of amides is 1. The van der Waals surface area contributed by atoms with Gasteiger partial charge < -0.3 is 15.4 Å². The molecule has 33 heavy (non-hydrogen) atoms. The number of nitrogens with one attached hydrogen (secondary N) is 2. The first-order valence-corrected chi connectivity index (χ1v) is 11.6. The molecule has 1 aromatic heterocycles. The van der Waals surface area contributed by atoms with Gasteiger partial charge in [0.2, 0.25) is 0 Å². The quantitative estimate of drug-likeness (QED) is 0.324. The molecule has 4 rings (SSSR count). The molecule has 0 aliphatic carbocycles. The van der Waals surface area contributed by atoms with E-state index in [2.05, 4.69) is 36.4 Å². The molecule has 0 atom stereocenters. The molecule has 0 bridgehead atoms. The molecule has 0 spiro atoms. The number of anilines is 3. The van der Waals surface area contributed by atoms with Crippen molar-refractivity contribution in [2.45, 2.75) is 26.2 Å². The van der Waals surface area contributed by atoms with Crippen molar-refractivity contribution in [3.63, 3.8) is 0 Å². The fourth-order valence-electron chi connectivity index (χ4n) is 3.38. The third-order valence-corrected chi connectivity index (χ3v) is 6.06. The lowest BCUT2D eigenvalue weighted by Gasteiger charge is -2.19. The molecule has 168 valence electrons. The first-order chi connectivity index (χ1) is 15.8. The van der Waals surface area contributed by atoms with Crippen LogP contribution < -0.4 is 15.4 Å². The van der Waals surface area contributed by atoms with Gasteiger partial charge in [0.15, 0.2) is 5.13 Å². The minimum absolute atomic E-state index is 0.0586. The lowest BCUT2D eigenvalue weighted by atomic mass is 9.87. The van der Waals surface area contributed by atoms with Crippen LogP contribution in [-0.4, -0.2) is 18.0 Å². The Bertz CT molecular complexity index is 1240. The monoisotopic (exact) mass is 457 g/mol. The number of carbonyl (C=O) groups excluding carboxylic acids is 1. The molecule has 2 N–H and O–H groups in total. The van der Waals surface area contributed by atoms with Gasteiger partial charge >= 0.3 is 0 Å². The van der Waals surface area contributed by atoms with Gasteiger partial charge in [0, 0.05) is 22.2 Å². The standard InChI is InChI=1S/C27H27N3O2S/c1-27(2,3)20-13-9-19(10-14-20)25(31)28-21-15-11-18(12-16-21)23-17-33-26(30-23)29-22-7-5-6-8-24(22)32-4/h5-17H,1-4H3,(H,28,31)(H,29,30). The highest BCUT2D eigenvalue weighted by atomic mass is 32.1. The van der Waals surface area contributed by atoms with Gasteiger partial charge in [-0.15, -0.1) is 11.3 Å². The molecule has 0 aliphatic heterocycles. The van der Waals surface area contributed by atoms with E-state index in [9.17, 15) is 4.79 Å². The van der Waals surface area contributed by atoms with Crippen LogP contribution in [0, 0.1) is 0 Å². The average Bonchev–Trinajstić information content (AvgIpc) is 3.28. The summed E-state index contributed by atoms with van der Waals surface area (Å²) in [7, 11) is 1.65. The molecule has 3 aromatic carbocycles. The van der Waals surface area contributed by atoms with Crippen molar-refractivity contribution in [1.29, 1.82) is 0 Å². The summed E-state index contributed by atoms with van der Waals surface area (Å²) in [6.45, 7) is 6.47. The second kappa shape index (κ2) is 9.46. The van der Waals surface area contributed by atoms with Crippen molar-refractivity contribution in [1.82, 2.24) is 4.98 Å². The smallest absolute Gasteiger partial charge is 0.255 e. The van der Waals surface area contributed by atoms with Gasteiger partial charge in [-0.1, -0.05) is 57.2 Å². The van der Waals surface area contributed by atoms with Gasteiger partial charge in [0.1, 0.15) is 5.75 Å². The summed E-state index contributed by atoms with van der Waals surface area (Å²) in [6, 6.07) is 23.2. The van der Waals surface area contributed by atoms with E-state index in [0.717, 1.165) is 33.5 Å². The molecule has 0 aliphatic rings. The molecular weight excluding hydrogens is 430 g/mol. The van der Waals surface area contributed by atoms with Crippen molar-refractivity contribution in [2.24, 2.45) is 0 Å². The zero-order valence-electron chi connectivity index (χ0n) is 19.2. The van der Waals surface area contributed by atoms with Crippen LogP contribution in [0.1, 0.15) is 36.7 Å². The van der Waals surface area contributed by atoms with Crippen molar-refractivity contribution in [3.05, 3.63) is 89.3 Å². The highest BCUT2D eigenvalue weighted by Crippen LogP contribution is 2.31. The largest absolute Gasteiger partial charge is 0.495 e. The summed E-state index contributed by atoms with van der Waals surface area (Å²) in [5, 5.41) is 9.06. The van der Waals surface area contributed by atoms with Gasteiger partial charge in [-0.3, -0.25) is 4.79 Å². The van der Waals surface area contributed by atoms with Gasteiger partial charge in [0.25, 0.3) is 5.91 Å². The third kappa shape index (κ3) is 5.41. The van der Waals surface area contributed by atoms with E-state index in [0.29, 0.717) is 5.56 Å². The maximum atomic E-state index is 12.6. The molecule has 0 radical (unpaired) electrons. The summed E-state index contributed by atoms with van der Waals surface area (Å²) in [4.78, 5) is 17.3. The van der Waals surface area contributed by atoms with E-state index in [1.54, 1.807) is 7.11 Å². The summed E-state index contributed by atoms with van der Waals surface area (Å²) < 4.78 is 5.39. The van der Waals surface area contributed by atoms with Crippen molar-refractivity contribution in [2.75, 3.05) is 17.7 Å². The number of hydrogen-bond donors (Lipinski definition) is 2. The average molecular weight is 458 g/mol. The molecule has 1 heterocycles. The van der Waals surface area contributed by atoms with Crippen molar-refractivity contribution >= 4 is 33.8 Å². The van der Waals surface area contributed by atoms with E-state index in [1.807, 2.05) is 78.2 Å². The molecule has 4 aromatic rings. The molecule has 0 fully saturated rings. The summed E-state index contributed by atoms with van der Waals surface area (Å²) in [5.41, 5.74) is 5.36. The van der Waals surface area contributed by atoms with Crippen LogP contribution in [0.25, 0.3) is 11.3 Å². The minimum Gasteiger partial charge on any atom is -0.495 e. The summed E-state index contributed by atoms with van der Waals surface area (Å²) in [6.07, 6.45) is 0. The number of nitrogens with zero attached hydrogens (tertiary/aromatic N) is 1. The molecule has 5 nitrogen and oxygen atoms in total. The Labute approximate surface area is 198 Å². The van der Waals surface area contributed by atoms with Gasteiger partial charge in [0.05, 0.1) is 18.5 Å². The number of methoxy groups -OCH3 is 1. The molecule has 1 amide bonds. The lowest BCUT2D eigenvalue weighted by molar-refractivity contribution is 0.102. The molecular formula is C27H27N3O2S. The van der Waals surface area contributed by atoms with E-state index in [-0.39, 0.29) is 11.3 Å². The summed E-state index contributed by atoms with van der Waals surface area (Å²) in [5.74, 6) is 0.641. The van der Waals surface area contributed by atoms with Crippen LogP contribution in [0.3, 0.4) is 0 Å². The topological polar surface area (TPSA) is 63.2 Å². The Balaban J connectivity index is 1.42. The molecule has 0 unspecified atom stereocenters. The maximum Gasteiger partial charge on any atom is 0.255 e. The molecule has 0 saturated heterocycles. The van der Waals surface area contributed by atoms with Crippen LogP contribution in [0.4, 0.5) is 16.5 Å². The van der Waals surface area contributed by atoms with Gasteiger partial charge in [-0.25, -0.2) is 4.98 Å². The van der Waals surface area contributed by atoms with E-state index >= 15 is 0 Å². The molecule has 6 heteroatoms. The SMILES string of the molecule is COc1ccccc1Nc1nc(-c2ccc(NC(=O)c3ccc(C(C)(C)C)cc3)cc2)cs1. The Morgan fingerprint density at radius 3 is 2.30 bits per heavy atom. The minimum atomic E-state index is -0.125. The maximum absolute atomic E-state index is 12.6. The fourth-order valence-corrected chi connectivity index (χ4v) is 4.11. The van der Waals surface area contributed by atoms with Crippen LogP contribution in [0.5, 0.6) is 5.75 Å². The number of ether oxygens (including phenoxy) is 1. The van der Waals surface area contributed by atoms with Crippen LogP contribution in [-0.2, 0) is 5.41 Å². The predicted molar refractivity (Wildman–Crippen MR) is 137 cm³/mol. The third-order valence-electron chi connectivity index (χ3n) is 5.30. The Hall–Kier alpha value is -3.64. The second-order valence-corrected chi connectivity index (χ2v) is 9.58. The normalized spacial score (nSPS) is 11.2. The Kier molecular flexibility index (Phi) is 6.47. The first-order valence-electron chi connectivity index (χ1n) is 10.7. The zero-order chi connectivity index (χ0) is 23.4. The number of aromatic nitrogens is 1. The highest BCUT2D eigenvalue weighted by molar-refractivity contribution is 7.14. The predicted octanol–water partition coefficient (Wildman–Crippen LogP) is 7.11. The Morgan fingerprint density at radius 2 is 1.64 bits per heavy atom. The number of thiazole rings is 1.